The van der Waals surface area contributed by atoms with Crippen LogP contribution in [0.25, 0.3) is 0 Å². The van der Waals surface area contributed by atoms with Crippen molar-refractivity contribution in [3.05, 3.63) is 35.4 Å². The Labute approximate surface area is 114 Å². The Kier molecular flexibility index (Phi) is 5.36. The van der Waals surface area contributed by atoms with Crippen molar-refractivity contribution in [3.8, 4) is 0 Å². The number of ether oxygens (including phenoxy) is 1. The van der Waals surface area contributed by atoms with Crippen LogP contribution >= 0.6 is 0 Å². The average Bonchev–Trinajstić information content (AvgIpc) is 2.46. The molecule has 0 saturated heterocycles. The van der Waals surface area contributed by atoms with Crippen LogP contribution in [-0.4, -0.2) is 32.2 Å². The minimum atomic E-state index is -0.0997. The van der Waals surface area contributed by atoms with Gasteiger partial charge < -0.3 is 15.4 Å². The van der Waals surface area contributed by atoms with Gasteiger partial charge in [0, 0.05) is 26.8 Å². The van der Waals surface area contributed by atoms with Gasteiger partial charge in [0.1, 0.15) is 0 Å². The standard InChI is InChI=1S/C15H22N2O2/c1-19-9-5-4-8-16-15(18)14-10-12-6-2-3-7-13(12)11-17-14/h2-3,6-7,14,17H,4-5,8-11H2,1H3,(H,16,18). The number of hydrogen-bond donors (Lipinski definition) is 2. The number of nitrogens with one attached hydrogen (secondary N) is 2. The third-order valence-electron chi connectivity index (χ3n) is 3.47. The number of unbranched alkanes of at least 4 members (excludes halogenated alkanes) is 1. The zero-order chi connectivity index (χ0) is 13.5. The molecule has 104 valence electrons. The Morgan fingerprint density at radius 2 is 2.16 bits per heavy atom. The molecule has 1 aliphatic rings. The van der Waals surface area contributed by atoms with E-state index in [4.69, 9.17) is 4.74 Å². The number of hydrogen-bond acceptors (Lipinski definition) is 3. The van der Waals surface area contributed by atoms with E-state index in [1.165, 1.54) is 11.1 Å². The van der Waals surface area contributed by atoms with Crippen molar-refractivity contribution >= 4 is 5.91 Å². The lowest BCUT2D eigenvalue weighted by Gasteiger charge is -2.25. The van der Waals surface area contributed by atoms with Gasteiger partial charge in [-0.05, 0) is 30.4 Å². The van der Waals surface area contributed by atoms with Crippen molar-refractivity contribution < 1.29 is 9.53 Å². The molecule has 4 heteroatoms. The summed E-state index contributed by atoms with van der Waals surface area (Å²) < 4.78 is 4.98. The molecular weight excluding hydrogens is 240 g/mol. The van der Waals surface area contributed by atoms with Crippen LogP contribution in [0.5, 0.6) is 0 Å². The number of benzene rings is 1. The Balaban J connectivity index is 1.76. The van der Waals surface area contributed by atoms with Crippen molar-refractivity contribution in [1.29, 1.82) is 0 Å². The summed E-state index contributed by atoms with van der Waals surface area (Å²) in [6.07, 6.45) is 2.72. The minimum Gasteiger partial charge on any atom is -0.385 e. The summed E-state index contributed by atoms with van der Waals surface area (Å²) in [5, 5.41) is 6.28. The van der Waals surface area contributed by atoms with Crippen LogP contribution in [-0.2, 0) is 22.5 Å². The monoisotopic (exact) mass is 262 g/mol. The highest BCUT2D eigenvalue weighted by Gasteiger charge is 2.23. The van der Waals surface area contributed by atoms with E-state index in [9.17, 15) is 4.79 Å². The van der Waals surface area contributed by atoms with Gasteiger partial charge in [-0.3, -0.25) is 4.79 Å². The maximum Gasteiger partial charge on any atom is 0.237 e. The first-order valence-electron chi connectivity index (χ1n) is 6.88. The first kappa shape index (κ1) is 14.0. The van der Waals surface area contributed by atoms with Gasteiger partial charge in [-0.25, -0.2) is 0 Å². The summed E-state index contributed by atoms with van der Waals surface area (Å²) in [5.74, 6) is 0.104. The molecule has 19 heavy (non-hydrogen) atoms. The summed E-state index contributed by atoms with van der Waals surface area (Å²) in [6.45, 7) is 2.25. The van der Waals surface area contributed by atoms with Crippen LogP contribution in [0.15, 0.2) is 24.3 Å². The number of carbonyl (C=O) groups is 1. The molecule has 0 fully saturated rings. The third kappa shape index (κ3) is 4.04. The highest BCUT2D eigenvalue weighted by molar-refractivity contribution is 5.82. The zero-order valence-electron chi connectivity index (χ0n) is 11.4. The number of carbonyl (C=O) groups excluding carboxylic acids is 1. The van der Waals surface area contributed by atoms with Crippen molar-refractivity contribution in [2.24, 2.45) is 0 Å². The number of fused-ring (bicyclic) bond motifs is 1. The van der Waals surface area contributed by atoms with Crippen LogP contribution in [0.3, 0.4) is 0 Å². The van der Waals surface area contributed by atoms with Gasteiger partial charge in [-0.2, -0.15) is 0 Å². The first-order valence-corrected chi connectivity index (χ1v) is 6.88. The van der Waals surface area contributed by atoms with Gasteiger partial charge in [-0.1, -0.05) is 24.3 Å². The quantitative estimate of drug-likeness (QED) is 0.759. The van der Waals surface area contributed by atoms with E-state index in [1.54, 1.807) is 7.11 Å². The van der Waals surface area contributed by atoms with Gasteiger partial charge in [0.25, 0.3) is 0 Å². The average molecular weight is 262 g/mol. The summed E-state index contributed by atoms with van der Waals surface area (Å²) in [7, 11) is 1.70. The van der Waals surface area contributed by atoms with Crippen LogP contribution in [0, 0.1) is 0 Å². The maximum atomic E-state index is 12.0. The molecule has 1 aliphatic heterocycles. The molecule has 1 unspecified atom stereocenters. The molecule has 0 aliphatic carbocycles. The van der Waals surface area contributed by atoms with E-state index in [1.807, 2.05) is 12.1 Å². The SMILES string of the molecule is COCCCCNC(=O)C1Cc2ccccc2CN1. The highest BCUT2D eigenvalue weighted by atomic mass is 16.5. The van der Waals surface area contributed by atoms with Crippen LogP contribution < -0.4 is 10.6 Å². The van der Waals surface area contributed by atoms with Gasteiger partial charge in [0.15, 0.2) is 0 Å². The Bertz CT molecular complexity index is 420. The smallest absolute Gasteiger partial charge is 0.237 e. The molecular formula is C15H22N2O2. The van der Waals surface area contributed by atoms with Crippen molar-refractivity contribution in [1.82, 2.24) is 10.6 Å². The molecule has 0 spiro atoms. The maximum absolute atomic E-state index is 12.0. The second-order valence-corrected chi connectivity index (χ2v) is 4.90. The Hall–Kier alpha value is -1.39. The molecule has 4 nitrogen and oxygen atoms in total. The van der Waals surface area contributed by atoms with Gasteiger partial charge in [0.2, 0.25) is 5.91 Å². The van der Waals surface area contributed by atoms with Crippen molar-refractivity contribution in [2.45, 2.75) is 31.8 Å². The van der Waals surface area contributed by atoms with E-state index < -0.39 is 0 Å². The van der Waals surface area contributed by atoms with Gasteiger partial charge in [0.05, 0.1) is 6.04 Å². The number of amides is 1. The number of methoxy groups -OCH3 is 1. The number of rotatable bonds is 6. The molecule has 1 aromatic carbocycles. The summed E-state index contributed by atoms with van der Waals surface area (Å²) in [5.41, 5.74) is 2.58. The van der Waals surface area contributed by atoms with E-state index in [0.717, 1.165) is 39.0 Å². The third-order valence-corrected chi connectivity index (χ3v) is 3.47. The molecule has 0 saturated carbocycles. The van der Waals surface area contributed by atoms with Gasteiger partial charge >= 0.3 is 0 Å². The summed E-state index contributed by atoms with van der Waals surface area (Å²) in [6, 6.07) is 8.19. The lowest BCUT2D eigenvalue weighted by Crippen LogP contribution is -2.47. The van der Waals surface area contributed by atoms with E-state index in [2.05, 4.69) is 22.8 Å². The lowest BCUT2D eigenvalue weighted by molar-refractivity contribution is -0.123. The molecule has 0 radical (unpaired) electrons. The lowest BCUT2D eigenvalue weighted by atomic mass is 9.95. The fraction of sp³-hybridized carbons (Fsp3) is 0.533. The van der Waals surface area contributed by atoms with Crippen molar-refractivity contribution in [2.75, 3.05) is 20.3 Å². The molecule has 1 atom stereocenters. The fourth-order valence-corrected chi connectivity index (χ4v) is 2.35. The molecule has 1 aromatic rings. The van der Waals surface area contributed by atoms with Crippen LogP contribution in [0.4, 0.5) is 0 Å². The second kappa shape index (κ2) is 7.26. The summed E-state index contributed by atoms with van der Waals surface area (Å²) in [4.78, 5) is 12.0. The van der Waals surface area contributed by atoms with Crippen LogP contribution in [0.2, 0.25) is 0 Å². The summed E-state index contributed by atoms with van der Waals surface area (Å²) >= 11 is 0. The van der Waals surface area contributed by atoms with E-state index in [0.29, 0.717) is 0 Å². The largest absolute Gasteiger partial charge is 0.385 e. The van der Waals surface area contributed by atoms with E-state index in [-0.39, 0.29) is 11.9 Å². The molecule has 0 bridgehead atoms. The second-order valence-electron chi connectivity index (χ2n) is 4.90. The normalized spacial score (nSPS) is 17.8. The Morgan fingerprint density at radius 1 is 1.37 bits per heavy atom. The highest BCUT2D eigenvalue weighted by Crippen LogP contribution is 2.16. The Morgan fingerprint density at radius 3 is 2.95 bits per heavy atom. The van der Waals surface area contributed by atoms with Crippen molar-refractivity contribution in [3.63, 3.8) is 0 Å². The van der Waals surface area contributed by atoms with E-state index >= 15 is 0 Å². The van der Waals surface area contributed by atoms with Crippen LogP contribution in [0.1, 0.15) is 24.0 Å². The predicted octanol–water partition coefficient (Wildman–Crippen LogP) is 1.24. The zero-order valence-corrected chi connectivity index (χ0v) is 11.4. The molecule has 2 rings (SSSR count). The minimum absolute atomic E-state index is 0.0997. The topological polar surface area (TPSA) is 50.4 Å². The van der Waals surface area contributed by atoms with Gasteiger partial charge in [-0.15, -0.1) is 0 Å². The molecule has 1 heterocycles. The molecule has 2 N–H and O–H groups in total. The molecule has 1 amide bonds. The first-order chi connectivity index (χ1) is 9.31. The fourth-order valence-electron chi connectivity index (χ4n) is 2.35. The molecule has 0 aromatic heterocycles. The predicted molar refractivity (Wildman–Crippen MR) is 74.9 cm³/mol.